The molecule has 5 heteroatoms. The molecule has 1 saturated heterocycles. The van der Waals surface area contributed by atoms with E-state index in [4.69, 9.17) is 4.74 Å². The van der Waals surface area contributed by atoms with Crippen LogP contribution in [0, 0.1) is 5.92 Å². The molecule has 0 aromatic carbocycles. The van der Waals surface area contributed by atoms with E-state index in [0.29, 0.717) is 5.92 Å². The number of hydrogen-bond acceptors (Lipinski definition) is 4. The number of rotatable bonds is 4. The van der Waals surface area contributed by atoms with Crippen molar-refractivity contribution in [3.63, 3.8) is 0 Å². The maximum Gasteiger partial charge on any atom is 0.410 e. The van der Waals surface area contributed by atoms with Gasteiger partial charge in [0, 0.05) is 30.9 Å². The minimum absolute atomic E-state index is 0.150. The Hall–Kier alpha value is -0.420. The van der Waals surface area contributed by atoms with Crippen LogP contribution in [0.3, 0.4) is 0 Å². The van der Waals surface area contributed by atoms with Crippen molar-refractivity contribution in [1.29, 1.82) is 0 Å². The molecule has 1 aliphatic carbocycles. The lowest BCUT2D eigenvalue weighted by Crippen LogP contribution is -2.45. The van der Waals surface area contributed by atoms with Crippen molar-refractivity contribution in [2.75, 3.05) is 32.9 Å². The number of nitrogens with zero attached hydrogens (tertiary/aromatic N) is 2. The maximum atomic E-state index is 12.1. The van der Waals surface area contributed by atoms with Gasteiger partial charge >= 0.3 is 6.09 Å². The molecule has 1 saturated carbocycles. The van der Waals surface area contributed by atoms with Crippen LogP contribution in [0.2, 0.25) is 0 Å². The van der Waals surface area contributed by atoms with Gasteiger partial charge in [0.1, 0.15) is 5.60 Å². The molecule has 134 valence electrons. The normalized spacial score (nSPS) is 26.8. The highest BCUT2D eigenvalue weighted by atomic mass is 32.2. The molecule has 1 heterocycles. The molecule has 2 atom stereocenters. The van der Waals surface area contributed by atoms with Gasteiger partial charge in [0.2, 0.25) is 0 Å². The molecular weight excluding hydrogens is 308 g/mol. The predicted molar refractivity (Wildman–Crippen MR) is 98.1 cm³/mol. The van der Waals surface area contributed by atoms with Crippen molar-refractivity contribution >= 4 is 17.9 Å². The molecule has 0 aromatic rings. The van der Waals surface area contributed by atoms with Crippen LogP contribution in [0.25, 0.3) is 0 Å². The second-order valence-electron chi connectivity index (χ2n) is 8.12. The smallest absolute Gasteiger partial charge is 0.410 e. The average molecular weight is 343 g/mol. The predicted octanol–water partition coefficient (Wildman–Crippen LogP) is 3.85. The SMILES string of the molecule is CS[C@H]1CCC[C@@H]1N(C)CC1CCN(C(=O)OC(C)(C)C)CC1. The molecule has 0 spiro atoms. The van der Waals surface area contributed by atoms with Crippen molar-refractivity contribution in [3.05, 3.63) is 0 Å². The molecular formula is C18H34N2O2S. The summed E-state index contributed by atoms with van der Waals surface area (Å²) >= 11 is 2.03. The van der Waals surface area contributed by atoms with Gasteiger partial charge in [0.15, 0.2) is 0 Å². The zero-order valence-electron chi connectivity index (χ0n) is 15.5. The Bertz CT molecular complexity index is 389. The highest BCUT2D eigenvalue weighted by molar-refractivity contribution is 7.99. The molecule has 1 aliphatic heterocycles. The number of ether oxygens (including phenoxy) is 1. The van der Waals surface area contributed by atoms with Crippen molar-refractivity contribution in [3.8, 4) is 0 Å². The van der Waals surface area contributed by atoms with Gasteiger partial charge in [-0.3, -0.25) is 0 Å². The van der Waals surface area contributed by atoms with Gasteiger partial charge in [0.05, 0.1) is 0 Å². The topological polar surface area (TPSA) is 32.8 Å². The number of piperidine rings is 1. The minimum atomic E-state index is -0.399. The van der Waals surface area contributed by atoms with E-state index >= 15 is 0 Å². The van der Waals surface area contributed by atoms with Crippen molar-refractivity contribution in [2.45, 2.75) is 69.8 Å². The van der Waals surface area contributed by atoms with Crippen molar-refractivity contribution < 1.29 is 9.53 Å². The Kier molecular flexibility index (Phi) is 6.66. The number of hydrogen-bond donors (Lipinski definition) is 0. The summed E-state index contributed by atoms with van der Waals surface area (Å²) in [5, 5.41) is 0.807. The summed E-state index contributed by atoms with van der Waals surface area (Å²) in [7, 11) is 2.29. The maximum absolute atomic E-state index is 12.1. The number of thioether (sulfide) groups is 1. The Morgan fingerprint density at radius 3 is 2.43 bits per heavy atom. The summed E-state index contributed by atoms with van der Waals surface area (Å²) in [5.74, 6) is 0.710. The fourth-order valence-electron chi connectivity index (χ4n) is 3.85. The first-order chi connectivity index (χ1) is 10.8. The van der Waals surface area contributed by atoms with E-state index in [1.807, 2.05) is 37.4 Å². The van der Waals surface area contributed by atoms with Crippen molar-refractivity contribution in [1.82, 2.24) is 9.80 Å². The van der Waals surface area contributed by atoms with Crippen LogP contribution in [0.4, 0.5) is 4.79 Å². The number of amides is 1. The van der Waals surface area contributed by atoms with Gasteiger partial charge in [-0.1, -0.05) is 6.42 Å². The van der Waals surface area contributed by atoms with Gasteiger partial charge in [-0.05, 0) is 65.7 Å². The fraction of sp³-hybridized carbons (Fsp3) is 0.944. The first kappa shape index (κ1) is 18.9. The van der Waals surface area contributed by atoms with Crippen LogP contribution in [-0.2, 0) is 4.74 Å². The summed E-state index contributed by atoms with van der Waals surface area (Å²) in [5.41, 5.74) is -0.399. The molecule has 2 aliphatic rings. The lowest BCUT2D eigenvalue weighted by Gasteiger charge is -2.37. The molecule has 0 unspecified atom stereocenters. The second-order valence-corrected chi connectivity index (χ2v) is 9.20. The lowest BCUT2D eigenvalue weighted by molar-refractivity contribution is 0.0168. The Morgan fingerprint density at radius 2 is 1.87 bits per heavy atom. The van der Waals surface area contributed by atoms with Crippen LogP contribution in [-0.4, -0.2) is 65.7 Å². The number of carbonyl (C=O) groups excluding carboxylic acids is 1. The fourth-order valence-corrected chi connectivity index (χ4v) is 4.91. The van der Waals surface area contributed by atoms with Gasteiger partial charge in [-0.2, -0.15) is 11.8 Å². The van der Waals surface area contributed by atoms with E-state index < -0.39 is 5.60 Å². The minimum Gasteiger partial charge on any atom is -0.444 e. The van der Waals surface area contributed by atoms with Gasteiger partial charge in [-0.25, -0.2) is 4.79 Å². The van der Waals surface area contributed by atoms with Crippen LogP contribution < -0.4 is 0 Å². The third kappa shape index (κ3) is 5.56. The van der Waals surface area contributed by atoms with E-state index in [-0.39, 0.29) is 6.09 Å². The molecule has 23 heavy (non-hydrogen) atoms. The first-order valence-corrected chi connectivity index (χ1v) is 10.3. The summed E-state index contributed by atoms with van der Waals surface area (Å²) in [6.07, 6.45) is 8.38. The summed E-state index contributed by atoms with van der Waals surface area (Å²) in [6.45, 7) is 8.63. The summed E-state index contributed by atoms with van der Waals surface area (Å²) < 4.78 is 5.48. The summed E-state index contributed by atoms with van der Waals surface area (Å²) in [4.78, 5) is 16.6. The molecule has 2 rings (SSSR count). The van der Waals surface area contributed by atoms with E-state index in [9.17, 15) is 4.79 Å². The van der Waals surface area contributed by atoms with E-state index in [2.05, 4.69) is 18.2 Å². The zero-order chi connectivity index (χ0) is 17.0. The molecule has 0 N–H and O–H groups in total. The zero-order valence-corrected chi connectivity index (χ0v) is 16.3. The van der Waals surface area contributed by atoms with Crippen LogP contribution in [0.5, 0.6) is 0 Å². The van der Waals surface area contributed by atoms with Crippen LogP contribution in [0.1, 0.15) is 52.9 Å². The highest BCUT2D eigenvalue weighted by Crippen LogP contribution is 2.32. The molecule has 1 amide bonds. The molecule has 0 aromatic heterocycles. The average Bonchev–Trinajstić information content (AvgIpc) is 2.94. The monoisotopic (exact) mass is 342 g/mol. The van der Waals surface area contributed by atoms with E-state index in [1.54, 1.807) is 0 Å². The second kappa shape index (κ2) is 8.11. The van der Waals surface area contributed by atoms with E-state index in [1.165, 1.54) is 25.8 Å². The third-order valence-electron chi connectivity index (χ3n) is 5.10. The van der Waals surface area contributed by atoms with Crippen molar-refractivity contribution in [2.24, 2.45) is 5.92 Å². The lowest BCUT2D eigenvalue weighted by atomic mass is 9.96. The van der Waals surface area contributed by atoms with Gasteiger partial charge < -0.3 is 14.5 Å². The third-order valence-corrected chi connectivity index (χ3v) is 6.25. The Morgan fingerprint density at radius 1 is 1.22 bits per heavy atom. The van der Waals surface area contributed by atoms with Gasteiger partial charge in [0.25, 0.3) is 0 Å². The Labute approximate surface area is 146 Å². The molecule has 2 fully saturated rings. The molecule has 0 radical (unpaired) electrons. The number of likely N-dealkylation sites (tertiary alicyclic amines) is 1. The van der Waals surface area contributed by atoms with Gasteiger partial charge in [-0.15, -0.1) is 0 Å². The van der Waals surface area contributed by atoms with E-state index in [0.717, 1.165) is 37.2 Å². The Balaban J connectivity index is 1.75. The standard InChI is InChI=1S/C18H34N2O2S/c1-18(2,3)22-17(21)20-11-9-14(10-12-20)13-19(4)15-7-6-8-16(15)23-5/h14-16H,6-13H2,1-5H3/t15-,16-/m0/s1. The number of carbonyl (C=O) groups is 1. The highest BCUT2D eigenvalue weighted by Gasteiger charge is 2.32. The first-order valence-electron chi connectivity index (χ1n) is 9.01. The summed E-state index contributed by atoms with van der Waals surface area (Å²) in [6, 6.07) is 0.744. The van der Waals surface area contributed by atoms with Crippen LogP contribution in [0.15, 0.2) is 0 Å². The molecule has 4 nitrogen and oxygen atoms in total. The molecule has 0 bridgehead atoms. The van der Waals surface area contributed by atoms with Crippen LogP contribution >= 0.6 is 11.8 Å². The quantitative estimate of drug-likeness (QED) is 0.777. The largest absolute Gasteiger partial charge is 0.444 e.